The molecule has 0 aliphatic carbocycles. The Hall–Kier alpha value is -1.67. The molecular formula is C14H16N2. The number of pyridine rings is 1. The Balaban J connectivity index is 2.37. The highest BCUT2D eigenvalue weighted by molar-refractivity contribution is 5.66. The zero-order valence-electron chi connectivity index (χ0n) is 9.70. The third-order valence-electron chi connectivity index (χ3n) is 2.66. The monoisotopic (exact) mass is 212 g/mol. The summed E-state index contributed by atoms with van der Waals surface area (Å²) in [6.07, 6.45) is 3.66. The molecule has 0 fully saturated rings. The van der Waals surface area contributed by atoms with Crippen LogP contribution in [0.4, 0.5) is 0 Å². The van der Waals surface area contributed by atoms with Gasteiger partial charge in [0.2, 0.25) is 0 Å². The van der Waals surface area contributed by atoms with Gasteiger partial charge in [0.15, 0.2) is 0 Å². The molecule has 0 aliphatic rings. The molecule has 0 aliphatic heterocycles. The van der Waals surface area contributed by atoms with E-state index in [1.807, 2.05) is 31.6 Å². The average Bonchev–Trinajstić information content (AvgIpc) is 2.31. The molecule has 2 nitrogen and oxygen atoms in total. The normalized spacial score (nSPS) is 10.4. The van der Waals surface area contributed by atoms with Crippen molar-refractivity contribution in [3.8, 4) is 11.1 Å². The molecule has 0 radical (unpaired) electrons. The lowest BCUT2D eigenvalue weighted by molar-refractivity contribution is 0.817. The molecular weight excluding hydrogens is 196 g/mol. The van der Waals surface area contributed by atoms with Crippen LogP contribution >= 0.6 is 0 Å². The Kier molecular flexibility index (Phi) is 3.32. The van der Waals surface area contributed by atoms with Gasteiger partial charge in [-0.1, -0.05) is 18.2 Å². The molecule has 1 aromatic heterocycles. The molecule has 0 saturated carbocycles. The van der Waals surface area contributed by atoms with Crippen molar-refractivity contribution in [2.75, 3.05) is 7.05 Å². The first-order valence-corrected chi connectivity index (χ1v) is 5.46. The first kappa shape index (κ1) is 10.8. The minimum absolute atomic E-state index is 0.914. The second-order valence-corrected chi connectivity index (χ2v) is 3.92. The van der Waals surface area contributed by atoms with Crippen LogP contribution in [0.3, 0.4) is 0 Å². The minimum atomic E-state index is 0.914. The lowest BCUT2D eigenvalue weighted by atomic mass is 9.99. The Morgan fingerprint density at radius 2 is 1.88 bits per heavy atom. The van der Waals surface area contributed by atoms with Crippen LogP contribution in [0.15, 0.2) is 42.7 Å². The van der Waals surface area contributed by atoms with Gasteiger partial charge in [0.05, 0.1) is 0 Å². The number of benzene rings is 1. The van der Waals surface area contributed by atoms with E-state index >= 15 is 0 Å². The zero-order chi connectivity index (χ0) is 11.4. The van der Waals surface area contributed by atoms with Gasteiger partial charge in [-0.25, -0.2) is 0 Å². The molecule has 1 aromatic carbocycles. The SMILES string of the molecule is CNCc1ccc(-c2ccncc2)c(C)c1. The summed E-state index contributed by atoms with van der Waals surface area (Å²) in [6, 6.07) is 10.7. The fourth-order valence-corrected chi connectivity index (χ4v) is 1.90. The third kappa shape index (κ3) is 2.28. The lowest BCUT2D eigenvalue weighted by Gasteiger charge is -2.08. The van der Waals surface area contributed by atoms with Crippen LogP contribution in [-0.2, 0) is 6.54 Å². The van der Waals surface area contributed by atoms with Gasteiger partial charge in [0.1, 0.15) is 0 Å². The van der Waals surface area contributed by atoms with Crippen molar-refractivity contribution in [2.24, 2.45) is 0 Å². The molecule has 1 heterocycles. The molecule has 16 heavy (non-hydrogen) atoms. The number of nitrogens with zero attached hydrogens (tertiary/aromatic N) is 1. The van der Waals surface area contributed by atoms with E-state index in [0.717, 1.165) is 6.54 Å². The van der Waals surface area contributed by atoms with E-state index in [-0.39, 0.29) is 0 Å². The number of hydrogen-bond donors (Lipinski definition) is 1. The van der Waals surface area contributed by atoms with Gasteiger partial charge in [0, 0.05) is 18.9 Å². The summed E-state index contributed by atoms with van der Waals surface area (Å²) in [7, 11) is 1.96. The summed E-state index contributed by atoms with van der Waals surface area (Å²) in [4.78, 5) is 4.04. The fraction of sp³-hybridized carbons (Fsp3) is 0.214. The summed E-state index contributed by atoms with van der Waals surface area (Å²) in [6.45, 7) is 3.06. The predicted octanol–water partition coefficient (Wildman–Crippen LogP) is 2.78. The first-order chi connectivity index (χ1) is 7.81. The van der Waals surface area contributed by atoms with E-state index in [0.29, 0.717) is 0 Å². The Bertz CT molecular complexity index is 463. The highest BCUT2D eigenvalue weighted by atomic mass is 14.8. The van der Waals surface area contributed by atoms with Gasteiger partial charge in [-0.2, -0.15) is 0 Å². The van der Waals surface area contributed by atoms with E-state index in [1.165, 1.54) is 22.3 Å². The first-order valence-electron chi connectivity index (χ1n) is 5.46. The Labute approximate surface area is 96.4 Å². The van der Waals surface area contributed by atoms with Crippen molar-refractivity contribution in [3.63, 3.8) is 0 Å². The van der Waals surface area contributed by atoms with Crippen LogP contribution in [0.2, 0.25) is 0 Å². The molecule has 0 amide bonds. The predicted molar refractivity (Wildman–Crippen MR) is 67.2 cm³/mol. The Morgan fingerprint density at radius 3 is 2.50 bits per heavy atom. The second kappa shape index (κ2) is 4.90. The van der Waals surface area contributed by atoms with E-state index in [9.17, 15) is 0 Å². The van der Waals surface area contributed by atoms with Crippen LogP contribution in [0, 0.1) is 6.92 Å². The smallest absolute Gasteiger partial charge is 0.0273 e. The molecule has 2 rings (SSSR count). The summed E-state index contributed by atoms with van der Waals surface area (Å²) in [5.41, 5.74) is 5.13. The minimum Gasteiger partial charge on any atom is -0.316 e. The van der Waals surface area contributed by atoms with Crippen molar-refractivity contribution in [2.45, 2.75) is 13.5 Å². The van der Waals surface area contributed by atoms with Gasteiger partial charge in [-0.15, -0.1) is 0 Å². The average molecular weight is 212 g/mol. The van der Waals surface area contributed by atoms with E-state index in [2.05, 4.69) is 35.4 Å². The quantitative estimate of drug-likeness (QED) is 0.846. The molecule has 0 saturated heterocycles. The summed E-state index contributed by atoms with van der Waals surface area (Å²) in [5, 5.41) is 3.16. The standard InChI is InChI=1S/C14H16N2/c1-11-9-12(10-15-2)3-4-14(11)13-5-7-16-8-6-13/h3-9,15H,10H2,1-2H3. The zero-order valence-corrected chi connectivity index (χ0v) is 9.70. The maximum absolute atomic E-state index is 4.04. The molecule has 0 spiro atoms. The molecule has 0 atom stereocenters. The maximum Gasteiger partial charge on any atom is 0.0273 e. The van der Waals surface area contributed by atoms with Crippen molar-refractivity contribution in [3.05, 3.63) is 53.9 Å². The van der Waals surface area contributed by atoms with Gasteiger partial charge < -0.3 is 5.32 Å². The van der Waals surface area contributed by atoms with Crippen LogP contribution in [-0.4, -0.2) is 12.0 Å². The third-order valence-corrected chi connectivity index (χ3v) is 2.66. The molecule has 0 bridgehead atoms. The van der Waals surface area contributed by atoms with Crippen LogP contribution in [0.25, 0.3) is 11.1 Å². The number of nitrogens with one attached hydrogen (secondary N) is 1. The van der Waals surface area contributed by atoms with Gasteiger partial charge in [0.25, 0.3) is 0 Å². The van der Waals surface area contributed by atoms with Crippen molar-refractivity contribution < 1.29 is 0 Å². The number of aromatic nitrogens is 1. The van der Waals surface area contributed by atoms with Gasteiger partial charge in [-0.05, 0) is 48.4 Å². The molecule has 1 N–H and O–H groups in total. The fourth-order valence-electron chi connectivity index (χ4n) is 1.90. The van der Waals surface area contributed by atoms with Crippen LogP contribution < -0.4 is 5.32 Å². The number of rotatable bonds is 3. The highest BCUT2D eigenvalue weighted by Crippen LogP contribution is 2.23. The topological polar surface area (TPSA) is 24.9 Å². The van der Waals surface area contributed by atoms with E-state index in [1.54, 1.807) is 0 Å². The molecule has 82 valence electrons. The number of aryl methyl sites for hydroxylation is 1. The van der Waals surface area contributed by atoms with Crippen molar-refractivity contribution >= 4 is 0 Å². The van der Waals surface area contributed by atoms with Crippen molar-refractivity contribution in [1.29, 1.82) is 0 Å². The van der Waals surface area contributed by atoms with Crippen molar-refractivity contribution in [1.82, 2.24) is 10.3 Å². The van der Waals surface area contributed by atoms with Crippen LogP contribution in [0.5, 0.6) is 0 Å². The number of hydrogen-bond acceptors (Lipinski definition) is 2. The van der Waals surface area contributed by atoms with Crippen LogP contribution in [0.1, 0.15) is 11.1 Å². The lowest BCUT2D eigenvalue weighted by Crippen LogP contribution is -2.05. The maximum atomic E-state index is 4.04. The molecule has 2 heteroatoms. The largest absolute Gasteiger partial charge is 0.316 e. The highest BCUT2D eigenvalue weighted by Gasteiger charge is 2.02. The molecule has 0 unspecified atom stereocenters. The summed E-state index contributed by atoms with van der Waals surface area (Å²) in [5.74, 6) is 0. The summed E-state index contributed by atoms with van der Waals surface area (Å²) < 4.78 is 0. The summed E-state index contributed by atoms with van der Waals surface area (Å²) >= 11 is 0. The van der Waals surface area contributed by atoms with E-state index < -0.39 is 0 Å². The second-order valence-electron chi connectivity index (χ2n) is 3.92. The molecule has 2 aromatic rings. The van der Waals surface area contributed by atoms with Gasteiger partial charge in [-0.3, -0.25) is 4.98 Å². The van der Waals surface area contributed by atoms with E-state index in [4.69, 9.17) is 0 Å². The van der Waals surface area contributed by atoms with Gasteiger partial charge >= 0.3 is 0 Å². The Morgan fingerprint density at radius 1 is 1.12 bits per heavy atom.